The first kappa shape index (κ1) is 24.5. The third-order valence-electron chi connectivity index (χ3n) is 7.90. The summed E-state index contributed by atoms with van der Waals surface area (Å²) in [5.41, 5.74) is 1.60. The number of fused-ring (bicyclic) bond motifs is 1. The van der Waals surface area contributed by atoms with E-state index in [2.05, 4.69) is 15.6 Å². The Bertz CT molecular complexity index is 1130. The molecule has 2 fully saturated rings. The summed E-state index contributed by atoms with van der Waals surface area (Å²) in [5.74, 6) is -0.758. The number of aromatic nitrogens is 2. The Kier molecular flexibility index (Phi) is 6.86. The topological polar surface area (TPSA) is 96.3 Å². The van der Waals surface area contributed by atoms with Crippen LogP contribution in [0.2, 0.25) is 0 Å². The van der Waals surface area contributed by atoms with Crippen LogP contribution in [-0.2, 0) is 17.9 Å². The molecule has 1 atom stereocenters. The van der Waals surface area contributed by atoms with Crippen molar-refractivity contribution in [3.8, 4) is 0 Å². The van der Waals surface area contributed by atoms with E-state index >= 15 is 0 Å². The van der Waals surface area contributed by atoms with E-state index < -0.39 is 5.54 Å². The second kappa shape index (κ2) is 10.1. The van der Waals surface area contributed by atoms with Crippen molar-refractivity contribution in [2.24, 2.45) is 0 Å². The zero-order valence-corrected chi connectivity index (χ0v) is 21.4. The first-order valence-corrected chi connectivity index (χ1v) is 13.4. The number of hydrogen-bond acceptors (Lipinski definition) is 4. The van der Waals surface area contributed by atoms with E-state index in [0.717, 1.165) is 49.7 Å². The highest BCUT2D eigenvalue weighted by Gasteiger charge is 2.53. The molecule has 192 valence electrons. The predicted octanol–water partition coefficient (Wildman–Crippen LogP) is 3.73. The summed E-state index contributed by atoms with van der Waals surface area (Å²) in [6.07, 6.45) is 11.1. The van der Waals surface area contributed by atoms with Gasteiger partial charge in [-0.25, -0.2) is 4.98 Å². The number of carbonyl (C=O) groups is 3. The highest BCUT2D eigenvalue weighted by atomic mass is 16.2. The molecular formula is C28H37N5O3. The lowest BCUT2D eigenvalue weighted by Gasteiger charge is -2.44. The lowest BCUT2D eigenvalue weighted by Crippen LogP contribution is -2.64. The minimum absolute atomic E-state index is 0.0118. The molecule has 3 aliphatic rings. The van der Waals surface area contributed by atoms with Gasteiger partial charge in [-0.3, -0.25) is 14.4 Å². The lowest BCUT2D eigenvalue weighted by molar-refractivity contribution is -0.133. The Morgan fingerprint density at radius 1 is 1.03 bits per heavy atom. The van der Waals surface area contributed by atoms with Gasteiger partial charge in [0.1, 0.15) is 11.2 Å². The maximum atomic E-state index is 13.8. The summed E-state index contributed by atoms with van der Waals surface area (Å²) < 4.78 is 1.69. The summed E-state index contributed by atoms with van der Waals surface area (Å²) in [6, 6.07) is 8.16. The van der Waals surface area contributed by atoms with Crippen LogP contribution in [-0.4, -0.2) is 49.8 Å². The summed E-state index contributed by atoms with van der Waals surface area (Å²) in [4.78, 5) is 46.6. The Balaban J connectivity index is 1.35. The van der Waals surface area contributed by atoms with Crippen LogP contribution in [0.3, 0.4) is 0 Å². The van der Waals surface area contributed by atoms with Crippen molar-refractivity contribution in [3.63, 3.8) is 0 Å². The van der Waals surface area contributed by atoms with Crippen molar-refractivity contribution in [1.82, 2.24) is 25.1 Å². The standard InChI is InChI=1S/C28H37N5O3/c1-19-10-12-20(13-11-19)16-29-27(36)28(2)17-32-18-30-23(24(32)26(35)33(28)22-14-15-22)25(34)31-21-8-6-4-3-5-7-9-21/h10-13,18,21-22H,3-9,14-17H2,1-2H3,(H,29,36)(H,31,34)/t28-/m0/s1. The molecule has 2 aromatic rings. The van der Waals surface area contributed by atoms with E-state index in [1.54, 1.807) is 9.47 Å². The van der Waals surface area contributed by atoms with Crippen LogP contribution in [0.4, 0.5) is 0 Å². The summed E-state index contributed by atoms with van der Waals surface area (Å²) in [6.45, 7) is 4.52. The molecule has 36 heavy (non-hydrogen) atoms. The molecule has 2 heterocycles. The predicted molar refractivity (Wildman–Crippen MR) is 136 cm³/mol. The average molecular weight is 492 g/mol. The first-order valence-electron chi connectivity index (χ1n) is 13.4. The number of hydrogen-bond donors (Lipinski definition) is 2. The minimum Gasteiger partial charge on any atom is -0.350 e. The zero-order chi connectivity index (χ0) is 25.3. The van der Waals surface area contributed by atoms with Crippen LogP contribution in [0, 0.1) is 6.92 Å². The van der Waals surface area contributed by atoms with Gasteiger partial charge in [0.25, 0.3) is 11.8 Å². The van der Waals surface area contributed by atoms with E-state index in [4.69, 9.17) is 0 Å². The number of aryl methyl sites for hydroxylation is 1. The van der Waals surface area contributed by atoms with Gasteiger partial charge in [-0.2, -0.15) is 0 Å². The molecule has 8 nitrogen and oxygen atoms in total. The molecule has 2 saturated carbocycles. The number of nitrogens with one attached hydrogen (secondary N) is 2. The number of benzene rings is 1. The second-order valence-corrected chi connectivity index (χ2v) is 10.9. The molecule has 1 aliphatic heterocycles. The fraction of sp³-hybridized carbons (Fsp3) is 0.571. The Hall–Kier alpha value is -3.16. The molecule has 5 rings (SSSR count). The molecule has 0 radical (unpaired) electrons. The van der Waals surface area contributed by atoms with Gasteiger partial charge in [-0.1, -0.05) is 61.9 Å². The number of amides is 3. The van der Waals surface area contributed by atoms with Crippen LogP contribution in [0.25, 0.3) is 0 Å². The van der Waals surface area contributed by atoms with Crippen LogP contribution in [0.5, 0.6) is 0 Å². The van der Waals surface area contributed by atoms with Gasteiger partial charge in [-0.15, -0.1) is 0 Å². The Morgan fingerprint density at radius 3 is 2.36 bits per heavy atom. The van der Waals surface area contributed by atoms with Gasteiger partial charge >= 0.3 is 0 Å². The smallest absolute Gasteiger partial charge is 0.274 e. The zero-order valence-electron chi connectivity index (χ0n) is 21.4. The Morgan fingerprint density at radius 2 is 1.69 bits per heavy atom. The van der Waals surface area contributed by atoms with Gasteiger partial charge in [0.05, 0.1) is 12.9 Å². The number of imidazole rings is 1. The van der Waals surface area contributed by atoms with E-state index in [1.807, 2.05) is 38.1 Å². The van der Waals surface area contributed by atoms with Crippen molar-refractivity contribution in [1.29, 1.82) is 0 Å². The molecule has 3 amide bonds. The van der Waals surface area contributed by atoms with Gasteiger partial charge in [0.15, 0.2) is 5.69 Å². The quantitative estimate of drug-likeness (QED) is 0.644. The number of nitrogens with zero attached hydrogens (tertiary/aromatic N) is 3. The summed E-state index contributed by atoms with van der Waals surface area (Å²) in [7, 11) is 0. The number of rotatable bonds is 6. The molecule has 0 spiro atoms. The maximum Gasteiger partial charge on any atom is 0.274 e. The van der Waals surface area contributed by atoms with Crippen molar-refractivity contribution < 1.29 is 14.4 Å². The van der Waals surface area contributed by atoms with Crippen molar-refractivity contribution in [3.05, 3.63) is 53.1 Å². The molecule has 8 heteroatoms. The molecular weight excluding hydrogens is 454 g/mol. The monoisotopic (exact) mass is 491 g/mol. The van der Waals surface area contributed by atoms with Crippen molar-refractivity contribution in [2.45, 2.75) is 102 Å². The van der Waals surface area contributed by atoms with E-state index in [1.165, 1.54) is 25.6 Å². The molecule has 0 unspecified atom stereocenters. The van der Waals surface area contributed by atoms with E-state index in [0.29, 0.717) is 12.2 Å². The fourth-order valence-electron chi connectivity index (χ4n) is 5.65. The first-order chi connectivity index (χ1) is 17.4. The number of carbonyl (C=O) groups excluding carboxylic acids is 3. The molecule has 0 bridgehead atoms. The van der Waals surface area contributed by atoms with Gasteiger partial charge < -0.3 is 20.1 Å². The van der Waals surface area contributed by atoms with Crippen LogP contribution in [0.1, 0.15) is 96.8 Å². The molecule has 2 N–H and O–H groups in total. The van der Waals surface area contributed by atoms with Crippen LogP contribution in [0.15, 0.2) is 30.6 Å². The van der Waals surface area contributed by atoms with Crippen molar-refractivity contribution >= 4 is 17.7 Å². The summed E-state index contributed by atoms with van der Waals surface area (Å²) in [5, 5.41) is 6.18. The van der Waals surface area contributed by atoms with Gasteiger partial charge in [0.2, 0.25) is 5.91 Å². The second-order valence-electron chi connectivity index (χ2n) is 10.9. The van der Waals surface area contributed by atoms with Gasteiger partial charge in [0, 0.05) is 18.6 Å². The SMILES string of the molecule is Cc1ccc(CNC(=O)[C@]2(C)Cn3cnc(C(=O)NC4CCCCCCC4)c3C(=O)N2C2CC2)cc1. The van der Waals surface area contributed by atoms with Crippen LogP contribution < -0.4 is 10.6 Å². The largest absolute Gasteiger partial charge is 0.350 e. The van der Waals surface area contributed by atoms with Gasteiger partial charge in [-0.05, 0) is 45.1 Å². The van der Waals surface area contributed by atoms with E-state index in [9.17, 15) is 14.4 Å². The average Bonchev–Trinajstić information content (AvgIpc) is 3.57. The molecule has 1 aromatic carbocycles. The van der Waals surface area contributed by atoms with Crippen molar-refractivity contribution in [2.75, 3.05) is 0 Å². The Labute approximate surface area is 212 Å². The fourth-order valence-corrected chi connectivity index (χ4v) is 5.65. The lowest BCUT2D eigenvalue weighted by atomic mass is 9.93. The highest BCUT2D eigenvalue weighted by Crippen LogP contribution is 2.39. The third-order valence-corrected chi connectivity index (χ3v) is 7.90. The maximum absolute atomic E-state index is 13.8. The minimum atomic E-state index is -1.05. The highest BCUT2D eigenvalue weighted by molar-refractivity contribution is 6.07. The van der Waals surface area contributed by atoms with E-state index in [-0.39, 0.29) is 42.0 Å². The summed E-state index contributed by atoms with van der Waals surface area (Å²) >= 11 is 0. The molecule has 0 saturated heterocycles. The molecule has 1 aromatic heterocycles. The van der Waals surface area contributed by atoms with Crippen LogP contribution >= 0.6 is 0 Å². The normalized spacial score (nSPS) is 22.9. The third kappa shape index (κ3) is 4.90. The molecule has 2 aliphatic carbocycles.